The van der Waals surface area contributed by atoms with E-state index in [4.69, 9.17) is 19.4 Å². The van der Waals surface area contributed by atoms with Crippen LogP contribution in [0, 0.1) is 5.92 Å². The summed E-state index contributed by atoms with van der Waals surface area (Å²) in [4.78, 5) is 38.5. The number of rotatable bonds is 6. The number of hydrogen-bond donors (Lipinski definition) is 2. The highest BCUT2D eigenvalue weighted by molar-refractivity contribution is 5.92. The number of hydrogen-bond acceptors (Lipinski definition) is 11. The van der Waals surface area contributed by atoms with Crippen LogP contribution in [-0.4, -0.2) is 86.8 Å². The lowest BCUT2D eigenvalue weighted by atomic mass is 9.82. The molecule has 234 valence electrons. The molecule has 44 heavy (non-hydrogen) atoms. The van der Waals surface area contributed by atoms with Gasteiger partial charge >= 0.3 is 11.9 Å². The van der Waals surface area contributed by atoms with Crippen molar-refractivity contribution in [2.45, 2.75) is 77.2 Å². The monoisotopic (exact) mass is 604 g/mol. The molecule has 5 aliphatic heterocycles. The molecule has 1 aromatic heterocycles. The largest absolute Gasteiger partial charge is 0.459 e. The van der Waals surface area contributed by atoms with Crippen molar-refractivity contribution in [3.63, 3.8) is 0 Å². The number of aliphatic hydroxyl groups is 2. The van der Waals surface area contributed by atoms with Gasteiger partial charge in [0, 0.05) is 54.8 Å². The van der Waals surface area contributed by atoms with Gasteiger partial charge in [-0.15, -0.1) is 0 Å². The van der Waals surface area contributed by atoms with Gasteiger partial charge in [-0.05, 0) is 68.4 Å². The van der Waals surface area contributed by atoms with E-state index < -0.39 is 17.8 Å². The third kappa shape index (κ3) is 4.91. The summed E-state index contributed by atoms with van der Waals surface area (Å²) in [6.07, 6.45) is 6.51. The van der Waals surface area contributed by atoms with Crippen LogP contribution in [0.2, 0.25) is 0 Å². The van der Waals surface area contributed by atoms with E-state index in [2.05, 4.69) is 6.92 Å². The molecule has 0 spiro atoms. The van der Waals surface area contributed by atoms with E-state index in [9.17, 15) is 19.8 Å². The molecule has 0 amide bonds. The van der Waals surface area contributed by atoms with Gasteiger partial charge in [0.25, 0.3) is 0 Å². The number of piperidine rings is 2. The summed E-state index contributed by atoms with van der Waals surface area (Å²) in [6, 6.07) is 5.53. The lowest BCUT2D eigenvalue weighted by Gasteiger charge is -2.40. The number of pyridine rings is 1. The third-order valence-corrected chi connectivity index (χ3v) is 9.85. The van der Waals surface area contributed by atoms with Crippen molar-refractivity contribution in [3.8, 4) is 5.75 Å². The van der Waals surface area contributed by atoms with Gasteiger partial charge in [-0.1, -0.05) is 20.3 Å². The zero-order valence-electron chi connectivity index (χ0n) is 25.4. The van der Waals surface area contributed by atoms with Crippen molar-refractivity contribution in [3.05, 3.63) is 52.2 Å². The molecule has 2 fully saturated rings. The Morgan fingerprint density at radius 3 is 2.59 bits per heavy atom. The number of benzene rings is 1. The first-order valence-corrected chi connectivity index (χ1v) is 16.0. The van der Waals surface area contributed by atoms with Gasteiger partial charge in [0.15, 0.2) is 11.8 Å². The maximum Gasteiger partial charge on any atom is 0.343 e. The highest BCUT2D eigenvalue weighted by atomic mass is 16.8. The molecule has 2 saturated heterocycles. The fourth-order valence-electron chi connectivity index (χ4n) is 7.24. The number of nitrogens with zero attached hydrogens (tertiary/aromatic N) is 4. The van der Waals surface area contributed by atoms with Gasteiger partial charge in [0.1, 0.15) is 12.4 Å². The molecule has 11 nitrogen and oxygen atoms in total. The van der Waals surface area contributed by atoms with Crippen LogP contribution in [0.25, 0.3) is 16.6 Å². The normalized spacial score (nSPS) is 26.3. The average molecular weight is 605 g/mol. The number of carbonyl (C=O) groups excluding carboxylic acids is 2. The standard InChI is InChI=1S/C33H40N4O7/c1-3-22-23-16-21(43-31(39)20-10-14-36(15-11-20)44-35-12-6-5-7-13-35)8-9-27(23)34-29-24(22)18-37-28(29)17-26-25(30(37)38)19-42-32(40)33(26,41)4-2/h8-9,16-17,20,30,38,41H,3-7,10-15,18-19H2,1-2H3. The van der Waals surface area contributed by atoms with Crippen molar-refractivity contribution in [2.75, 3.05) is 32.8 Å². The third-order valence-electron chi connectivity index (χ3n) is 9.85. The smallest absolute Gasteiger partial charge is 0.343 e. The Balaban J connectivity index is 1.11. The molecule has 2 aromatic rings. The molecule has 2 atom stereocenters. The van der Waals surface area contributed by atoms with Gasteiger partial charge in [-0.3, -0.25) is 4.79 Å². The van der Waals surface area contributed by atoms with E-state index in [-0.39, 0.29) is 24.9 Å². The Hall–Kier alpha value is -3.35. The van der Waals surface area contributed by atoms with Crippen LogP contribution >= 0.6 is 0 Å². The predicted molar refractivity (Wildman–Crippen MR) is 160 cm³/mol. The van der Waals surface area contributed by atoms with Crippen molar-refractivity contribution >= 4 is 28.5 Å². The molecular formula is C33H40N4O7. The number of fused-ring (bicyclic) bond motifs is 4. The molecule has 6 heterocycles. The van der Waals surface area contributed by atoms with Gasteiger partial charge in [-0.25, -0.2) is 14.7 Å². The minimum absolute atomic E-state index is 0.0659. The first-order valence-electron chi connectivity index (χ1n) is 16.0. The average Bonchev–Trinajstić information content (AvgIpc) is 3.41. The maximum absolute atomic E-state index is 13.2. The summed E-state index contributed by atoms with van der Waals surface area (Å²) in [5.41, 5.74) is 3.26. The van der Waals surface area contributed by atoms with Crippen molar-refractivity contribution in [2.24, 2.45) is 5.92 Å². The number of hydroxylamine groups is 4. The number of carbonyl (C=O) groups is 2. The van der Waals surface area contributed by atoms with E-state index in [0.29, 0.717) is 61.5 Å². The summed E-state index contributed by atoms with van der Waals surface area (Å²) in [5, 5.41) is 27.4. The number of cyclic esters (lactones) is 1. The molecule has 7 rings (SSSR count). The summed E-state index contributed by atoms with van der Waals surface area (Å²) >= 11 is 0. The zero-order chi connectivity index (χ0) is 30.6. The van der Waals surface area contributed by atoms with Gasteiger partial charge in [-0.2, -0.15) is 10.1 Å². The van der Waals surface area contributed by atoms with Crippen LogP contribution in [0.5, 0.6) is 5.75 Å². The van der Waals surface area contributed by atoms with Gasteiger partial charge in [0.2, 0.25) is 0 Å². The van der Waals surface area contributed by atoms with E-state index in [1.54, 1.807) is 19.1 Å². The molecule has 0 radical (unpaired) electrons. The number of esters is 2. The second-order valence-electron chi connectivity index (χ2n) is 12.4. The Labute approximate surface area is 256 Å². The minimum Gasteiger partial charge on any atom is -0.459 e. The lowest BCUT2D eigenvalue weighted by Crippen LogP contribution is -2.50. The second-order valence-corrected chi connectivity index (χ2v) is 12.4. The van der Waals surface area contributed by atoms with Crippen molar-refractivity contribution < 1.29 is 34.2 Å². The number of ether oxygens (including phenoxy) is 2. The van der Waals surface area contributed by atoms with Crippen LogP contribution in [0.1, 0.15) is 69.2 Å². The Kier molecular flexibility index (Phi) is 7.70. The Bertz CT molecular complexity index is 1560. The zero-order valence-corrected chi connectivity index (χ0v) is 25.4. The van der Waals surface area contributed by atoms with Crippen LogP contribution < -0.4 is 4.74 Å². The van der Waals surface area contributed by atoms with Crippen LogP contribution in [0.3, 0.4) is 0 Å². The highest BCUT2D eigenvalue weighted by Gasteiger charge is 2.49. The molecule has 11 heteroatoms. The number of aryl methyl sites for hydroxylation is 1. The van der Waals surface area contributed by atoms with Crippen LogP contribution in [0.4, 0.5) is 0 Å². The van der Waals surface area contributed by atoms with E-state index in [1.165, 1.54) is 6.42 Å². The first kappa shape index (κ1) is 29.4. The second kappa shape index (κ2) is 11.5. The SMILES string of the molecule is CCc1c2c(nc3ccc(OC(=O)C4CCN(ON5CCCCC5)CC4)cc13)C1=CC3=C(COC(=O)C3(O)CC)C(O)N1C2. The van der Waals surface area contributed by atoms with Crippen molar-refractivity contribution in [1.82, 2.24) is 20.0 Å². The Morgan fingerprint density at radius 2 is 1.86 bits per heavy atom. The molecule has 0 saturated carbocycles. The highest BCUT2D eigenvalue weighted by Crippen LogP contribution is 2.46. The van der Waals surface area contributed by atoms with E-state index in [0.717, 1.165) is 53.7 Å². The predicted octanol–water partition coefficient (Wildman–Crippen LogP) is 3.23. The fraction of sp³-hybridized carbons (Fsp3) is 0.545. The molecule has 5 aliphatic rings. The summed E-state index contributed by atoms with van der Waals surface area (Å²) < 4.78 is 11.2. The topological polar surface area (TPSA) is 125 Å². The Morgan fingerprint density at radius 1 is 1.11 bits per heavy atom. The maximum atomic E-state index is 13.2. The molecule has 1 aromatic carbocycles. The van der Waals surface area contributed by atoms with Crippen LogP contribution in [-0.2, 0) is 32.2 Å². The summed E-state index contributed by atoms with van der Waals surface area (Å²) in [5.74, 6) is -0.622. The lowest BCUT2D eigenvalue weighted by molar-refractivity contribution is -0.335. The van der Waals surface area contributed by atoms with Crippen molar-refractivity contribution in [1.29, 1.82) is 0 Å². The van der Waals surface area contributed by atoms with Gasteiger partial charge in [0.05, 0.1) is 22.8 Å². The molecule has 0 aliphatic carbocycles. The summed E-state index contributed by atoms with van der Waals surface area (Å²) in [6.45, 7) is 7.43. The quantitative estimate of drug-likeness (QED) is 0.373. The minimum atomic E-state index is -1.81. The first-order chi connectivity index (χ1) is 21.3. The number of aliphatic hydroxyl groups excluding tert-OH is 1. The van der Waals surface area contributed by atoms with E-state index in [1.807, 2.05) is 27.2 Å². The summed E-state index contributed by atoms with van der Waals surface area (Å²) in [7, 11) is 0. The van der Waals surface area contributed by atoms with Crippen LogP contribution in [0.15, 0.2) is 35.4 Å². The molecular weight excluding hydrogens is 564 g/mol. The van der Waals surface area contributed by atoms with E-state index >= 15 is 0 Å². The molecule has 2 unspecified atom stereocenters. The molecule has 2 N–H and O–H groups in total. The molecule has 0 bridgehead atoms. The fourth-order valence-corrected chi connectivity index (χ4v) is 7.24. The van der Waals surface area contributed by atoms with Gasteiger partial charge < -0.3 is 24.6 Å². The number of aromatic nitrogens is 1.